The van der Waals surface area contributed by atoms with Gasteiger partial charge in [0.05, 0.1) is 5.76 Å². The van der Waals surface area contributed by atoms with Gasteiger partial charge in [0.2, 0.25) is 0 Å². The normalized spacial score (nSPS) is 13.4. The lowest BCUT2D eigenvalue weighted by Crippen LogP contribution is -2.33. The first kappa shape index (κ1) is 31.9. The second kappa shape index (κ2) is 16.6. The summed E-state index contributed by atoms with van der Waals surface area (Å²) in [5.41, 5.74) is 2.57. The molecule has 6 heteroatoms. The Labute approximate surface area is 238 Å². The number of aromatic hydroxyl groups is 1. The molecule has 1 aromatic heterocycles. The van der Waals surface area contributed by atoms with Gasteiger partial charge in [-0.3, -0.25) is 9.69 Å². The zero-order chi connectivity index (χ0) is 28.8. The van der Waals surface area contributed by atoms with E-state index in [0.29, 0.717) is 23.3 Å². The zero-order valence-corrected chi connectivity index (χ0v) is 24.8. The fourth-order valence-electron chi connectivity index (χ4n) is 4.33. The van der Waals surface area contributed by atoms with E-state index in [0.717, 1.165) is 40.7 Å². The van der Waals surface area contributed by atoms with Crippen molar-refractivity contribution in [1.29, 1.82) is 0 Å². The quantitative estimate of drug-likeness (QED) is 0.206. The van der Waals surface area contributed by atoms with Crippen LogP contribution in [-0.4, -0.2) is 47.1 Å². The largest absolute Gasteiger partial charge is 0.513 e. The first-order chi connectivity index (χ1) is 19.0. The molecule has 39 heavy (non-hydrogen) atoms. The predicted molar refractivity (Wildman–Crippen MR) is 166 cm³/mol. The second-order valence-electron chi connectivity index (χ2n) is 8.73. The van der Waals surface area contributed by atoms with Gasteiger partial charge in [-0.05, 0) is 93.0 Å². The van der Waals surface area contributed by atoms with Crippen LogP contribution in [0.25, 0.3) is 22.6 Å². The van der Waals surface area contributed by atoms with Gasteiger partial charge in [-0.2, -0.15) is 0 Å². The molecule has 2 heterocycles. The molecule has 1 aliphatic rings. The smallest absolute Gasteiger partial charge is 0.195 e. The molecular weight excluding hydrogens is 506 g/mol. The van der Waals surface area contributed by atoms with E-state index in [2.05, 4.69) is 11.5 Å². The number of piperidine rings is 1. The summed E-state index contributed by atoms with van der Waals surface area (Å²) >= 11 is 1.41. The molecular formula is C33H43NO4S. The maximum Gasteiger partial charge on any atom is 0.195 e. The number of ether oxygens (including phenoxy) is 1. The summed E-state index contributed by atoms with van der Waals surface area (Å²) in [7, 11) is 0. The molecule has 210 valence electrons. The van der Waals surface area contributed by atoms with Crippen LogP contribution in [0.4, 0.5) is 0 Å². The van der Waals surface area contributed by atoms with Gasteiger partial charge in [-0.1, -0.05) is 46.8 Å². The molecule has 0 bridgehead atoms. The summed E-state index contributed by atoms with van der Waals surface area (Å²) in [5.74, 6) is 0.918. The summed E-state index contributed by atoms with van der Waals surface area (Å²) in [6, 6.07) is 14.0. The predicted octanol–water partition coefficient (Wildman–Crippen LogP) is 8.83. The Balaban J connectivity index is 0.00000127. The number of aliphatic hydroxyl groups is 1. The first-order valence-corrected chi connectivity index (χ1v) is 14.7. The maximum absolute atomic E-state index is 13.7. The van der Waals surface area contributed by atoms with Crippen LogP contribution in [0.5, 0.6) is 11.5 Å². The molecule has 1 saturated heterocycles. The van der Waals surface area contributed by atoms with Crippen LogP contribution < -0.4 is 4.74 Å². The Hall–Kier alpha value is -3.35. The number of carbonyl (C=O) groups excluding carboxylic acids is 1. The fraction of sp³-hybridized carbons (Fsp3) is 0.364. The van der Waals surface area contributed by atoms with Gasteiger partial charge < -0.3 is 14.9 Å². The van der Waals surface area contributed by atoms with Crippen LogP contribution >= 0.6 is 11.3 Å². The van der Waals surface area contributed by atoms with Crippen LogP contribution in [0.15, 0.2) is 60.9 Å². The number of nitrogens with zero attached hydrogens (tertiary/aromatic N) is 1. The van der Waals surface area contributed by atoms with Gasteiger partial charge in [0.1, 0.15) is 18.1 Å². The van der Waals surface area contributed by atoms with E-state index >= 15 is 0 Å². The number of rotatable bonds is 9. The third-order valence-corrected chi connectivity index (χ3v) is 7.32. The molecule has 4 rings (SSSR count). The van der Waals surface area contributed by atoms with Gasteiger partial charge in [-0.15, -0.1) is 11.3 Å². The zero-order valence-electron chi connectivity index (χ0n) is 24.0. The highest BCUT2D eigenvalue weighted by molar-refractivity contribution is 7.17. The second-order valence-corrected chi connectivity index (χ2v) is 9.78. The molecule has 2 aromatic carbocycles. The Kier molecular flexibility index (Phi) is 13.5. The van der Waals surface area contributed by atoms with E-state index in [9.17, 15) is 15.0 Å². The molecule has 1 aliphatic heterocycles. The summed E-state index contributed by atoms with van der Waals surface area (Å²) in [6.45, 7) is 17.3. The molecule has 2 N–H and O–H groups in total. The summed E-state index contributed by atoms with van der Waals surface area (Å²) in [5, 5.41) is 19.6. The number of benzene rings is 2. The number of hydrogen-bond donors (Lipinski definition) is 2. The Morgan fingerprint density at radius 1 is 1.00 bits per heavy atom. The lowest BCUT2D eigenvalue weighted by atomic mass is 9.96. The van der Waals surface area contributed by atoms with Crippen LogP contribution in [-0.2, 0) is 0 Å². The SMILES string of the molecule is C=Cc1c(/C=C(\C)O)sc(-c2ccc(O)cc2)c1C(=O)c1ccc(OCCN2CCCCC2)cc1.CC.CC. The third kappa shape index (κ3) is 8.84. The number of hydrogen-bond acceptors (Lipinski definition) is 6. The lowest BCUT2D eigenvalue weighted by Gasteiger charge is -2.26. The van der Waals surface area contributed by atoms with Crippen molar-refractivity contribution < 1.29 is 19.7 Å². The monoisotopic (exact) mass is 549 g/mol. The highest BCUT2D eigenvalue weighted by Gasteiger charge is 2.24. The standard InChI is InChI=1S/C29H31NO4S.2C2H6/c1-3-25-26(19-20(2)31)35-29(22-7-11-23(32)12-8-22)27(25)28(33)21-9-13-24(14-10-21)34-18-17-30-15-5-4-6-16-30;2*1-2/h3,7-14,19,31-32H,1,4-6,15-18H2,2H3;2*1-2H3/b20-19+;;. The molecule has 5 nitrogen and oxygen atoms in total. The van der Waals surface area contributed by atoms with Crippen molar-refractivity contribution in [3.63, 3.8) is 0 Å². The summed E-state index contributed by atoms with van der Waals surface area (Å²) in [4.78, 5) is 17.6. The van der Waals surface area contributed by atoms with Gasteiger partial charge in [-0.25, -0.2) is 0 Å². The molecule has 0 atom stereocenters. The van der Waals surface area contributed by atoms with Gasteiger partial charge >= 0.3 is 0 Å². The number of allylic oxidation sites excluding steroid dienone is 1. The Morgan fingerprint density at radius 2 is 1.62 bits per heavy atom. The molecule has 0 spiro atoms. The highest BCUT2D eigenvalue weighted by atomic mass is 32.1. The Morgan fingerprint density at radius 3 is 2.18 bits per heavy atom. The van der Waals surface area contributed by atoms with Crippen molar-refractivity contribution in [3.05, 3.63) is 82.4 Å². The molecule has 0 unspecified atom stereocenters. The number of aliphatic hydroxyl groups excluding tert-OH is 1. The number of ketones is 1. The minimum absolute atomic E-state index is 0.130. The molecule has 0 saturated carbocycles. The number of thiophene rings is 1. The lowest BCUT2D eigenvalue weighted by molar-refractivity contribution is 0.103. The van der Waals surface area contributed by atoms with Crippen molar-refractivity contribution in [2.75, 3.05) is 26.2 Å². The van der Waals surface area contributed by atoms with Crippen molar-refractivity contribution in [1.82, 2.24) is 4.90 Å². The number of phenols is 1. The maximum atomic E-state index is 13.7. The molecule has 0 aliphatic carbocycles. The van der Waals surface area contributed by atoms with E-state index in [1.54, 1.807) is 55.5 Å². The number of carbonyl (C=O) groups is 1. The summed E-state index contributed by atoms with van der Waals surface area (Å²) < 4.78 is 5.92. The molecule has 3 aromatic rings. The van der Waals surface area contributed by atoms with Gasteiger partial charge in [0, 0.05) is 33.0 Å². The van der Waals surface area contributed by atoms with Crippen LogP contribution in [0.2, 0.25) is 0 Å². The van der Waals surface area contributed by atoms with E-state index in [1.165, 1.54) is 30.6 Å². The Bertz CT molecular complexity index is 1200. The molecule has 0 radical (unpaired) electrons. The van der Waals surface area contributed by atoms with Crippen LogP contribution in [0, 0.1) is 0 Å². The van der Waals surface area contributed by atoms with Gasteiger partial charge in [0.15, 0.2) is 5.78 Å². The van der Waals surface area contributed by atoms with Crippen molar-refractivity contribution in [3.8, 4) is 21.9 Å². The number of phenolic OH excluding ortho intramolecular Hbond substituents is 1. The topological polar surface area (TPSA) is 70.0 Å². The minimum Gasteiger partial charge on any atom is -0.513 e. The highest BCUT2D eigenvalue weighted by Crippen LogP contribution is 2.40. The average molecular weight is 550 g/mol. The van der Waals surface area contributed by atoms with Crippen molar-refractivity contribution in [2.24, 2.45) is 0 Å². The van der Waals surface area contributed by atoms with E-state index in [1.807, 2.05) is 39.8 Å². The number of likely N-dealkylation sites (tertiary alicyclic amines) is 1. The van der Waals surface area contributed by atoms with Crippen molar-refractivity contribution in [2.45, 2.75) is 53.9 Å². The molecule has 0 amide bonds. The van der Waals surface area contributed by atoms with E-state index in [4.69, 9.17) is 4.74 Å². The van der Waals surface area contributed by atoms with E-state index in [-0.39, 0.29) is 17.3 Å². The van der Waals surface area contributed by atoms with Crippen LogP contribution in [0.3, 0.4) is 0 Å². The first-order valence-electron chi connectivity index (χ1n) is 13.9. The van der Waals surface area contributed by atoms with Crippen LogP contribution in [0.1, 0.15) is 80.2 Å². The minimum atomic E-state index is -0.130. The average Bonchev–Trinajstić information content (AvgIpc) is 3.33. The van der Waals surface area contributed by atoms with E-state index < -0.39 is 0 Å². The molecule has 1 fully saturated rings. The summed E-state index contributed by atoms with van der Waals surface area (Å²) in [6.07, 6.45) is 7.12. The fourth-order valence-corrected chi connectivity index (χ4v) is 5.63. The van der Waals surface area contributed by atoms with Crippen molar-refractivity contribution >= 4 is 29.3 Å². The van der Waals surface area contributed by atoms with Gasteiger partial charge in [0.25, 0.3) is 0 Å². The third-order valence-electron chi connectivity index (χ3n) is 6.12.